The molecule has 7 nitrogen and oxygen atoms in total. The summed E-state index contributed by atoms with van der Waals surface area (Å²) in [4.78, 5) is 17.5. The lowest BCUT2D eigenvalue weighted by molar-refractivity contribution is -0.190. The molecule has 222 valence electrons. The first-order valence-electron chi connectivity index (χ1n) is 12.7. The van der Waals surface area contributed by atoms with E-state index in [2.05, 4.69) is 10.1 Å². The number of aromatic nitrogens is 3. The Morgan fingerprint density at radius 1 is 1.10 bits per heavy atom. The number of fused-ring (bicyclic) bond motifs is 3. The maximum atomic E-state index is 14.4. The maximum absolute atomic E-state index is 14.4. The zero-order valence-electron chi connectivity index (χ0n) is 21.8. The van der Waals surface area contributed by atoms with Gasteiger partial charge >= 0.3 is 12.4 Å². The molecule has 1 aliphatic heterocycles. The molecular weight excluding hydrogens is 581 g/mol. The maximum Gasteiger partial charge on any atom is 0.413 e. The molecule has 0 spiro atoms. The number of carbonyl (C=O) groups is 1. The molecule has 1 aliphatic carbocycles. The quantitative estimate of drug-likeness (QED) is 0.386. The van der Waals surface area contributed by atoms with Crippen molar-refractivity contribution in [3.8, 4) is 0 Å². The number of rotatable bonds is 4. The number of alkyl halides is 6. The van der Waals surface area contributed by atoms with Gasteiger partial charge in [0.2, 0.25) is 11.9 Å². The molecule has 3 aromatic rings. The minimum absolute atomic E-state index is 0.0739. The molecule has 3 atom stereocenters. The highest BCUT2D eigenvalue weighted by Gasteiger charge is 2.60. The highest BCUT2D eigenvalue weighted by Crippen LogP contribution is 2.56. The lowest BCUT2D eigenvalue weighted by Gasteiger charge is -2.34. The fraction of sp³-hybridized carbons (Fsp3) is 0.500. The molecule has 1 amide bonds. The average Bonchev–Trinajstić information content (AvgIpc) is 3.40. The number of halogens is 7. The minimum atomic E-state index is -4.89. The fourth-order valence-corrected chi connectivity index (χ4v) is 7.47. The van der Waals surface area contributed by atoms with Gasteiger partial charge in [-0.2, -0.15) is 30.7 Å². The molecule has 0 radical (unpaired) electrons. The first kappa shape index (κ1) is 29.3. The molecule has 2 aliphatic rings. The summed E-state index contributed by atoms with van der Waals surface area (Å²) in [6, 6.07) is 3.34. The van der Waals surface area contributed by atoms with Gasteiger partial charge in [0.15, 0.2) is 11.7 Å². The van der Waals surface area contributed by atoms with Crippen molar-refractivity contribution in [3.63, 3.8) is 0 Å². The number of hydrogen-bond acceptors (Lipinski definition) is 5. The molecule has 41 heavy (non-hydrogen) atoms. The highest BCUT2D eigenvalue weighted by molar-refractivity contribution is 7.91. The van der Waals surface area contributed by atoms with Crippen LogP contribution in [0.2, 0.25) is 0 Å². The van der Waals surface area contributed by atoms with E-state index in [-0.39, 0.29) is 52.4 Å². The molecule has 0 unspecified atom stereocenters. The molecule has 0 saturated carbocycles. The van der Waals surface area contributed by atoms with Crippen LogP contribution in [0.1, 0.15) is 60.5 Å². The van der Waals surface area contributed by atoms with Crippen LogP contribution in [0.3, 0.4) is 0 Å². The highest BCUT2D eigenvalue weighted by atomic mass is 32.2. The van der Waals surface area contributed by atoms with Crippen molar-refractivity contribution in [2.45, 2.75) is 55.9 Å². The minimum Gasteiger partial charge on any atom is -0.330 e. The number of sulfone groups is 1. The van der Waals surface area contributed by atoms with Crippen LogP contribution in [0.15, 0.2) is 36.5 Å². The molecule has 2 aromatic heterocycles. The van der Waals surface area contributed by atoms with E-state index < -0.39 is 63.8 Å². The number of amides is 1. The van der Waals surface area contributed by atoms with E-state index in [0.717, 1.165) is 36.7 Å². The van der Waals surface area contributed by atoms with Gasteiger partial charge in [0.1, 0.15) is 15.3 Å². The van der Waals surface area contributed by atoms with E-state index >= 15 is 0 Å². The van der Waals surface area contributed by atoms with E-state index in [1.54, 1.807) is 0 Å². The zero-order chi connectivity index (χ0) is 30.1. The summed E-state index contributed by atoms with van der Waals surface area (Å²) in [5.74, 6) is -4.21. The Bertz CT molecular complexity index is 1590. The van der Waals surface area contributed by atoms with Gasteiger partial charge in [-0.05, 0) is 37.3 Å². The monoisotopic (exact) mass is 606 g/mol. The predicted molar refractivity (Wildman–Crippen MR) is 132 cm³/mol. The van der Waals surface area contributed by atoms with Crippen molar-refractivity contribution >= 4 is 21.4 Å². The standard InChI is InChI=1S/C26H25F7N4O3S/c1-24(26(31,32)33)12-17(18-13-34-20-11-19(27)35-37(20)22(18)24)14-3-5-15(6-4-14)21(25(28,29)30)36(2)23(38)16-7-9-41(39,40)10-8-16/h3-6,11,13,16-17,21H,7-10,12H2,1-2H3/t17-,21-,24+/m0/s1. The van der Waals surface area contributed by atoms with Crippen molar-refractivity contribution in [1.29, 1.82) is 0 Å². The van der Waals surface area contributed by atoms with Crippen molar-refractivity contribution in [2.24, 2.45) is 5.92 Å². The van der Waals surface area contributed by atoms with E-state index in [1.165, 1.54) is 18.3 Å². The molecule has 1 fully saturated rings. The van der Waals surface area contributed by atoms with Crippen LogP contribution >= 0.6 is 0 Å². The molecular formula is C26H25F7N4O3S. The summed E-state index contributed by atoms with van der Waals surface area (Å²) in [7, 11) is -2.33. The lowest BCUT2D eigenvalue weighted by Crippen LogP contribution is -2.44. The summed E-state index contributed by atoms with van der Waals surface area (Å²) in [5, 5.41) is 3.56. The third-order valence-corrected chi connectivity index (χ3v) is 9.94. The number of benzene rings is 1. The van der Waals surface area contributed by atoms with Gasteiger partial charge in [0.25, 0.3) is 0 Å². The Kier molecular flexibility index (Phi) is 6.90. The second-order valence-electron chi connectivity index (χ2n) is 10.9. The van der Waals surface area contributed by atoms with Crippen molar-refractivity contribution in [3.05, 3.63) is 64.9 Å². The smallest absolute Gasteiger partial charge is 0.330 e. The van der Waals surface area contributed by atoms with Crippen LogP contribution < -0.4 is 0 Å². The molecule has 0 bridgehead atoms. The lowest BCUT2D eigenvalue weighted by atomic mass is 9.83. The van der Waals surface area contributed by atoms with Crippen molar-refractivity contribution < 1.29 is 43.9 Å². The van der Waals surface area contributed by atoms with Crippen molar-refractivity contribution in [2.75, 3.05) is 18.6 Å². The Morgan fingerprint density at radius 3 is 2.27 bits per heavy atom. The summed E-state index contributed by atoms with van der Waals surface area (Å²) in [6.45, 7) is 0.968. The topological polar surface area (TPSA) is 84.6 Å². The Morgan fingerprint density at radius 2 is 1.71 bits per heavy atom. The second kappa shape index (κ2) is 9.66. The average molecular weight is 607 g/mol. The summed E-state index contributed by atoms with van der Waals surface area (Å²) in [6.07, 6.45) is -9.09. The number of hydrogen-bond donors (Lipinski definition) is 0. The SMILES string of the molecule is CN(C(=O)C1CCS(=O)(=O)CC1)[C@@H](c1ccc([C@@H]2C[C@@](C)(C(F)(F)F)c3c2cnc2cc(F)nn32)cc1)C(F)(F)F. The van der Waals surface area contributed by atoms with Crippen LogP contribution in [0.25, 0.3) is 5.65 Å². The van der Waals surface area contributed by atoms with Crippen LogP contribution in [0.4, 0.5) is 30.7 Å². The van der Waals surface area contributed by atoms with E-state index in [4.69, 9.17) is 0 Å². The molecule has 1 saturated heterocycles. The summed E-state index contributed by atoms with van der Waals surface area (Å²) >= 11 is 0. The molecule has 0 N–H and O–H groups in total. The number of carbonyl (C=O) groups excluding carboxylic acids is 1. The second-order valence-corrected chi connectivity index (χ2v) is 13.2. The van der Waals surface area contributed by atoms with Crippen LogP contribution in [-0.4, -0.2) is 64.7 Å². The first-order valence-corrected chi connectivity index (χ1v) is 14.5. The van der Waals surface area contributed by atoms with Gasteiger partial charge in [0.05, 0.1) is 17.2 Å². The van der Waals surface area contributed by atoms with Gasteiger partial charge in [-0.15, -0.1) is 5.10 Å². The van der Waals surface area contributed by atoms with Crippen LogP contribution in [0, 0.1) is 11.9 Å². The third-order valence-electron chi connectivity index (χ3n) is 8.22. The Balaban J connectivity index is 1.48. The van der Waals surface area contributed by atoms with E-state index in [1.807, 2.05) is 0 Å². The van der Waals surface area contributed by atoms with Gasteiger partial charge in [0, 0.05) is 36.7 Å². The van der Waals surface area contributed by atoms with Crippen molar-refractivity contribution in [1.82, 2.24) is 19.5 Å². The van der Waals surface area contributed by atoms with E-state index in [0.29, 0.717) is 4.90 Å². The Hall–Kier alpha value is -3.23. The zero-order valence-corrected chi connectivity index (χ0v) is 22.6. The number of nitrogens with zero attached hydrogens (tertiary/aromatic N) is 4. The largest absolute Gasteiger partial charge is 0.413 e. The Labute approximate surface area is 230 Å². The predicted octanol–water partition coefficient (Wildman–Crippen LogP) is 5.11. The van der Waals surface area contributed by atoms with Gasteiger partial charge in [-0.25, -0.2) is 17.9 Å². The van der Waals surface area contributed by atoms with Crippen LogP contribution in [0.5, 0.6) is 0 Å². The summed E-state index contributed by atoms with van der Waals surface area (Å²) < 4.78 is 124. The first-order chi connectivity index (χ1) is 18.9. The van der Waals surface area contributed by atoms with Gasteiger partial charge in [-0.1, -0.05) is 24.3 Å². The fourth-order valence-electron chi connectivity index (χ4n) is 5.98. The van der Waals surface area contributed by atoms with Gasteiger partial charge < -0.3 is 4.90 Å². The van der Waals surface area contributed by atoms with E-state index in [9.17, 15) is 43.9 Å². The van der Waals surface area contributed by atoms with Crippen LogP contribution in [-0.2, 0) is 20.0 Å². The summed E-state index contributed by atoms with van der Waals surface area (Å²) in [5.41, 5.74) is -2.74. The molecule has 5 rings (SSSR count). The molecule has 1 aromatic carbocycles. The normalized spacial score (nSPS) is 23.9. The van der Waals surface area contributed by atoms with Gasteiger partial charge in [-0.3, -0.25) is 4.79 Å². The molecule has 3 heterocycles. The third kappa shape index (κ3) is 5.06. The molecule has 15 heteroatoms.